The second kappa shape index (κ2) is 7.69. The number of ether oxygens (including phenoxy) is 1. The van der Waals surface area contributed by atoms with Crippen molar-refractivity contribution in [1.82, 2.24) is 0 Å². The van der Waals surface area contributed by atoms with Crippen LogP contribution in [0.3, 0.4) is 0 Å². The van der Waals surface area contributed by atoms with Gasteiger partial charge >= 0.3 is 5.97 Å². The molecule has 8 heteroatoms. The molecule has 0 atom stereocenters. The largest absolute Gasteiger partial charge is 0.452 e. The standard InChI is InChI=1S/C16H13BrN2O5/c1-10-13(7-4-8-14(10)19(22)23)18-15(20)9-24-16(21)11-5-2-3-6-12(11)17/h2-8H,9H2,1H3,(H,18,20). The Morgan fingerprint density at radius 3 is 2.58 bits per heavy atom. The van der Waals surface area contributed by atoms with Crippen molar-refractivity contribution in [3.8, 4) is 0 Å². The second-order valence-corrected chi connectivity index (χ2v) is 5.67. The van der Waals surface area contributed by atoms with Gasteiger partial charge in [-0.1, -0.05) is 18.2 Å². The van der Waals surface area contributed by atoms with Gasteiger partial charge in [0, 0.05) is 10.5 Å². The lowest BCUT2D eigenvalue weighted by atomic mass is 10.1. The molecule has 2 aromatic carbocycles. The quantitative estimate of drug-likeness (QED) is 0.477. The summed E-state index contributed by atoms with van der Waals surface area (Å²) in [6.07, 6.45) is 0. The fourth-order valence-corrected chi connectivity index (χ4v) is 2.43. The van der Waals surface area contributed by atoms with E-state index >= 15 is 0 Å². The number of nitro groups is 1. The Labute approximate surface area is 145 Å². The number of rotatable bonds is 5. The topological polar surface area (TPSA) is 98.5 Å². The number of nitro benzene ring substituents is 1. The van der Waals surface area contributed by atoms with Crippen molar-refractivity contribution >= 4 is 39.2 Å². The van der Waals surface area contributed by atoms with Gasteiger partial charge in [0.15, 0.2) is 6.61 Å². The number of anilines is 1. The fourth-order valence-electron chi connectivity index (χ4n) is 1.98. The minimum atomic E-state index is -0.645. The zero-order valence-corrected chi connectivity index (χ0v) is 14.2. The Hall–Kier alpha value is -2.74. The third-order valence-corrected chi connectivity index (χ3v) is 3.90. The van der Waals surface area contributed by atoms with Crippen molar-refractivity contribution in [2.45, 2.75) is 6.92 Å². The minimum Gasteiger partial charge on any atom is -0.452 e. The van der Waals surface area contributed by atoms with E-state index in [9.17, 15) is 19.7 Å². The molecule has 1 amide bonds. The van der Waals surface area contributed by atoms with Gasteiger partial charge in [0.05, 0.1) is 21.7 Å². The van der Waals surface area contributed by atoms with Crippen LogP contribution in [0.2, 0.25) is 0 Å². The maximum atomic E-state index is 11.9. The number of halogens is 1. The Morgan fingerprint density at radius 2 is 1.92 bits per heavy atom. The maximum absolute atomic E-state index is 11.9. The number of nitrogens with zero attached hydrogens (tertiary/aromatic N) is 1. The van der Waals surface area contributed by atoms with E-state index in [2.05, 4.69) is 21.2 Å². The molecule has 7 nitrogen and oxygen atoms in total. The van der Waals surface area contributed by atoms with Crippen LogP contribution < -0.4 is 5.32 Å². The third-order valence-electron chi connectivity index (χ3n) is 3.20. The maximum Gasteiger partial charge on any atom is 0.339 e. The Morgan fingerprint density at radius 1 is 1.21 bits per heavy atom. The van der Waals surface area contributed by atoms with Gasteiger partial charge in [-0.25, -0.2) is 4.79 Å². The Bertz CT molecular complexity index is 807. The summed E-state index contributed by atoms with van der Waals surface area (Å²) in [5.41, 5.74) is 0.828. The molecule has 2 aromatic rings. The molecule has 1 N–H and O–H groups in total. The van der Waals surface area contributed by atoms with E-state index in [1.165, 1.54) is 25.1 Å². The molecule has 0 heterocycles. The van der Waals surface area contributed by atoms with Crippen LogP contribution >= 0.6 is 15.9 Å². The molecule has 124 valence electrons. The van der Waals surface area contributed by atoms with E-state index in [0.29, 0.717) is 21.3 Å². The highest BCUT2D eigenvalue weighted by molar-refractivity contribution is 9.10. The molecule has 0 aliphatic rings. The first kappa shape index (κ1) is 17.6. The summed E-state index contributed by atoms with van der Waals surface area (Å²) in [5.74, 6) is -1.23. The molecular formula is C16H13BrN2O5. The fraction of sp³-hybridized carbons (Fsp3) is 0.125. The highest BCUT2D eigenvalue weighted by Crippen LogP contribution is 2.25. The molecule has 0 aliphatic carbocycles. The van der Waals surface area contributed by atoms with Crippen LogP contribution in [0.4, 0.5) is 11.4 Å². The van der Waals surface area contributed by atoms with Gasteiger partial charge in [0.1, 0.15) is 0 Å². The summed E-state index contributed by atoms with van der Waals surface area (Å²) in [6.45, 7) is 1.03. The molecule has 0 bridgehead atoms. The minimum absolute atomic E-state index is 0.0991. The molecule has 0 radical (unpaired) electrons. The molecule has 0 aromatic heterocycles. The van der Waals surface area contributed by atoms with Crippen molar-refractivity contribution < 1.29 is 19.2 Å². The first-order valence-corrected chi connectivity index (χ1v) is 7.65. The molecule has 0 unspecified atom stereocenters. The van der Waals surface area contributed by atoms with Gasteiger partial charge in [-0.15, -0.1) is 0 Å². The van der Waals surface area contributed by atoms with Gasteiger partial charge in [-0.3, -0.25) is 14.9 Å². The first-order valence-electron chi connectivity index (χ1n) is 6.85. The van der Waals surface area contributed by atoms with Crippen molar-refractivity contribution in [1.29, 1.82) is 0 Å². The van der Waals surface area contributed by atoms with Crippen molar-refractivity contribution in [2.24, 2.45) is 0 Å². The molecule has 24 heavy (non-hydrogen) atoms. The van der Waals surface area contributed by atoms with Crippen molar-refractivity contribution in [3.05, 3.63) is 68.2 Å². The van der Waals surface area contributed by atoms with E-state index < -0.39 is 23.4 Å². The lowest BCUT2D eigenvalue weighted by Gasteiger charge is -2.09. The number of hydrogen-bond acceptors (Lipinski definition) is 5. The molecule has 0 saturated heterocycles. The Kier molecular flexibility index (Phi) is 5.64. The molecule has 2 rings (SSSR count). The molecular weight excluding hydrogens is 380 g/mol. The SMILES string of the molecule is Cc1c(NC(=O)COC(=O)c2ccccc2Br)cccc1[N+](=O)[O-]. The average molecular weight is 393 g/mol. The zero-order valence-electron chi connectivity index (χ0n) is 12.6. The van der Waals surface area contributed by atoms with E-state index in [1.54, 1.807) is 24.3 Å². The van der Waals surface area contributed by atoms with Crippen molar-refractivity contribution in [2.75, 3.05) is 11.9 Å². The lowest BCUT2D eigenvalue weighted by molar-refractivity contribution is -0.385. The van der Waals surface area contributed by atoms with Gasteiger partial charge < -0.3 is 10.1 Å². The molecule has 0 fully saturated rings. The number of esters is 1. The number of amides is 1. The summed E-state index contributed by atoms with van der Waals surface area (Å²) < 4.78 is 5.51. The first-order chi connectivity index (χ1) is 11.4. The van der Waals surface area contributed by atoms with Gasteiger partial charge in [-0.05, 0) is 41.1 Å². The van der Waals surface area contributed by atoms with Gasteiger partial charge in [0.2, 0.25) is 0 Å². The summed E-state index contributed by atoms with van der Waals surface area (Å²) in [6, 6.07) is 11.0. The smallest absolute Gasteiger partial charge is 0.339 e. The van der Waals surface area contributed by atoms with Crippen LogP contribution in [0.5, 0.6) is 0 Å². The zero-order chi connectivity index (χ0) is 17.7. The second-order valence-electron chi connectivity index (χ2n) is 4.81. The summed E-state index contributed by atoms with van der Waals surface area (Å²) in [4.78, 5) is 34.2. The number of carbonyl (C=O) groups is 2. The summed E-state index contributed by atoms with van der Waals surface area (Å²) in [7, 11) is 0. The van der Waals surface area contributed by atoms with Crippen LogP contribution in [-0.2, 0) is 9.53 Å². The average Bonchev–Trinajstić information content (AvgIpc) is 2.54. The van der Waals surface area contributed by atoms with Crippen LogP contribution in [0.1, 0.15) is 15.9 Å². The normalized spacial score (nSPS) is 10.1. The van der Waals surface area contributed by atoms with E-state index in [1.807, 2.05) is 0 Å². The van der Waals surface area contributed by atoms with E-state index in [-0.39, 0.29) is 5.69 Å². The van der Waals surface area contributed by atoms with Crippen LogP contribution in [0.15, 0.2) is 46.9 Å². The van der Waals surface area contributed by atoms with Crippen LogP contribution in [0, 0.1) is 17.0 Å². The number of nitrogens with one attached hydrogen (secondary N) is 1. The predicted octanol–water partition coefficient (Wildman–Crippen LogP) is 3.46. The summed E-state index contributed by atoms with van der Waals surface area (Å²) in [5, 5.41) is 13.4. The molecule has 0 aliphatic heterocycles. The predicted molar refractivity (Wildman–Crippen MR) is 90.9 cm³/mol. The number of hydrogen-bond donors (Lipinski definition) is 1. The third kappa shape index (κ3) is 4.17. The van der Waals surface area contributed by atoms with Gasteiger partial charge in [0.25, 0.3) is 11.6 Å². The highest BCUT2D eigenvalue weighted by Gasteiger charge is 2.16. The number of carbonyl (C=O) groups excluding carboxylic acids is 2. The number of benzene rings is 2. The Balaban J connectivity index is 2.00. The highest BCUT2D eigenvalue weighted by atomic mass is 79.9. The van der Waals surface area contributed by atoms with Crippen molar-refractivity contribution in [3.63, 3.8) is 0 Å². The van der Waals surface area contributed by atoms with E-state index in [0.717, 1.165) is 0 Å². The van der Waals surface area contributed by atoms with E-state index in [4.69, 9.17) is 4.74 Å². The monoisotopic (exact) mass is 392 g/mol. The lowest BCUT2D eigenvalue weighted by Crippen LogP contribution is -2.21. The van der Waals surface area contributed by atoms with Crippen LogP contribution in [0.25, 0.3) is 0 Å². The molecule has 0 spiro atoms. The summed E-state index contributed by atoms with van der Waals surface area (Å²) >= 11 is 3.22. The van der Waals surface area contributed by atoms with Crippen LogP contribution in [-0.4, -0.2) is 23.4 Å². The van der Waals surface area contributed by atoms with Gasteiger partial charge in [-0.2, -0.15) is 0 Å². The molecule has 0 saturated carbocycles.